The molecule has 0 radical (unpaired) electrons. The Hall–Kier alpha value is -1.87. The zero-order valence-corrected chi connectivity index (χ0v) is 10.7. The molecular formula is C15H19NO2. The number of nitrogens with one attached hydrogen (secondary N) is 1. The van der Waals surface area contributed by atoms with Crippen LogP contribution in [0.15, 0.2) is 54.6 Å². The van der Waals surface area contributed by atoms with Gasteiger partial charge in [-0.3, -0.25) is 0 Å². The summed E-state index contributed by atoms with van der Waals surface area (Å²) in [5, 5.41) is 3.31. The van der Waals surface area contributed by atoms with Gasteiger partial charge in [0.1, 0.15) is 0 Å². The summed E-state index contributed by atoms with van der Waals surface area (Å²) in [7, 11) is 1.37. The average Bonchev–Trinajstić information content (AvgIpc) is 2.43. The molecule has 3 nitrogen and oxygen atoms in total. The zero-order valence-electron chi connectivity index (χ0n) is 10.7. The minimum absolute atomic E-state index is 0.340. The molecule has 0 bridgehead atoms. The van der Waals surface area contributed by atoms with Crippen LogP contribution in [-0.2, 0) is 16.1 Å². The molecule has 0 unspecified atom stereocenters. The lowest BCUT2D eigenvalue weighted by Crippen LogP contribution is -2.14. The van der Waals surface area contributed by atoms with Crippen LogP contribution in [-0.4, -0.2) is 19.6 Å². The smallest absolute Gasteiger partial charge is 0.337 e. The van der Waals surface area contributed by atoms with Crippen LogP contribution in [0.4, 0.5) is 0 Å². The van der Waals surface area contributed by atoms with Crippen LogP contribution in [0.25, 0.3) is 0 Å². The van der Waals surface area contributed by atoms with Gasteiger partial charge in [-0.05, 0) is 18.5 Å². The second kappa shape index (κ2) is 8.25. The highest BCUT2D eigenvalue weighted by atomic mass is 16.5. The predicted octanol–water partition coefficient (Wildman–Crippen LogP) is 2.45. The van der Waals surface area contributed by atoms with Gasteiger partial charge >= 0.3 is 5.97 Å². The van der Waals surface area contributed by atoms with E-state index in [4.69, 9.17) is 0 Å². The summed E-state index contributed by atoms with van der Waals surface area (Å²) >= 11 is 0. The van der Waals surface area contributed by atoms with E-state index in [0.29, 0.717) is 5.57 Å². The van der Waals surface area contributed by atoms with Crippen molar-refractivity contribution in [2.24, 2.45) is 0 Å². The molecule has 0 aliphatic carbocycles. The fraction of sp³-hybridized carbons (Fsp3) is 0.267. The van der Waals surface area contributed by atoms with Gasteiger partial charge in [-0.1, -0.05) is 49.1 Å². The highest BCUT2D eigenvalue weighted by Crippen LogP contribution is 2.01. The van der Waals surface area contributed by atoms with Crippen molar-refractivity contribution in [1.29, 1.82) is 0 Å². The lowest BCUT2D eigenvalue weighted by Gasteiger charge is -2.03. The largest absolute Gasteiger partial charge is 0.465 e. The quantitative estimate of drug-likeness (QED) is 0.347. The van der Waals surface area contributed by atoms with E-state index in [-0.39, 0.29) is 5.97 Å². The Labute approximate surface area is 108 Å². The maximum atomic E-state index is 11.2. The lowest BCUT2D eigenvalue weighted by atomic mass is 10.2. The monoisotopic (exact) mass is 245 g/mol. The van der Waals surface area contributed by atoms with Gasteiger partial charge < -0.3 is 10.1 Å². The molecule has 96 valence electrons. The number of esters is 1. The molecular weight excluding hydrogens is 226 g/mol. The Morgan fingerprint density at radius 2 is 2.11 bits per heavy atom. The molecule has 1 rings (SSSR count). The normalized spacial score (nSPS) is 11.1. The summed E-state index contributed by atoms with van der Waals surface area (Å²) in [5.74, 6) is -0.340. The summed E-state index contributed by atoms with van der Waals surface area (Å²) in [6.45, 7) is 5.23. The topological polar surface area (TPSA) is 38.3 Å². The van der Waals surface area contributed by atoms with Crippen LogP contribution in [0.3, 0.4) is 0 Å². The van der Waals surface area contributed by atoms with Crippen molar-refractivity contribution in [3.8, 4) is 0 Å². The number of rotatable bonds is 7. The van der Waals surface area contributed by atoms with E-state index in [1.165, 1.54) is 18.7 Å². The molecule has 0 amide bonds. The highest BCUT2D eigenvalue weighted by Gasteiger charge is 2.03. The molecule has 3 heteroatoms. The van der Waals surface area contributed by atoms with Crippen LogP contribution < -0.4 is 5.32 Å². The molecule has 0 atom stereocenters. The first-order valence-corrected chi connectivity index (χ1v) is 5.93. The number of hydrogen-bond donors (Lipinski definition) is 1. The fourth-order valence-corrected chi connectivity index (χ4v) is 1.53. The summed E-state index contributed by atoms with van der Waals surface area (Å²) < 4.78 is 4.63. The van der Waals surface area contributed by atoms with Crippen molar-refractivity contribution < 1.29 is 9.53 Å². The van der Waals surface area contributed by atoms with E-state index >= 15 is 0 Å². The molecule has 0 heterocycles. The number of ether oxygens (including phenoxy) is 1. The lowest BCUT2D eigenvalue weighted by molar-refractivity contribution is -0.135. The van der Waals surface area contributed by atoms with Crippen molar-refractivity contribution in [2.45, 2.75) is 13.0 Å². The SMILES string of the molecule is C=C/C(=C/CCNCc1ccccc1)C(=O)OC. The van der Waals surface area contributed by atoms with Crippen molar-refractivity contribution in [1.82, 2.24) is 5.32 Å². The van der Waals surface area contributed by atoms with Gasteiger partial charge in [-0.25, -0.2) is 4.79 Å². The van der Waals surface area contributed by atoms with Crippen molar-refractivity contribution in [3.63, 3.8) is 0 Å². The molecule has 0 aliphatic rings. The molecule has 1 N–H and O–H groups in total. The van der Waals surface area contributed by atoms with Crippen LogP contribution >= 0.6 is 0 Å². The van der Waals surface area contributed by atoms with Crippen LogP contribution in [0.2, 0.25) is 0 Å². The van der Waals surface area contributed by atoms with Crippen molar-refractivity contribution >= 4 is 5.97 Å². The second-order valence-corrected chi connectivity index (χ2v) is 3.81. The zero-order chi connectivity index (χ0) is 13.2. The first kappa shape index (κ1) is 14.2. The molecule has 0 fully saturated rings. The predicted molar refractivity (Wildman–Crippen MR) is 73.1 cm³/mol. The van der Waals surface area contributed by atoms with E-state index < -0.39 is 0 Å². The van der Waals surface area contributed by atoms with Gasteiger partial charge in [0.05, 0.1) is 12.7 Å². The van der Waals surface area contributed by atoms with E-state index in [1.807, 2.05) is 24.3 Å². The van der Waals surface area contributed by atoms with Gasteiger partial charge in [-0.2, -0.15) is 0 Å². The van der Waals surface area contributed by atoms with Gasteiger partial charge in [0.2, 0.25) is 0 Å². The number of hydrogen-bond acceptors (Lipinski definition) is 3. The number of carbonyl (C=O) groups is 1. The van der Waals surface area contributed by atoms with Gasteiger partial charge in [-0.15, -0.1) is 0 Å². The Morgan fingerprint density at radius 3 is 2.72 bits per heavy atom. The minimum Gasteiger partial charge on any atom is -0.465 e. The van der Waals surface area contributed by atoms with E-state index in [2.05, 4.69) is 28.8 Å². The molecule has 1 aromatic rings. The van der Waals surface area contributed by atoms with Gasteiger partial charge in [0.25, 0.3) is 0 Å². The maximum Gasteiger partial charge on any atom is 0.337 e. The molecule has 1 aromatic carbocycles. The Balaban J connectivity index is 2.27. The molecule has 0 spiro atoms. The van der Waals surface area contributed by atoms with E-state index in [0.717, 1.165) is 19.5 Å². The first-order chi connectivity index (χ1) is 8.77. The summed E-state index contributed by atoms with van der Waals surface area (Å²) in [4.78, 5) is 11.2. The Morgan fingerprint density at radius 1 is 1.39 bits per heavy atom. The number of methoxy groups -OCH3 is 1. The minimum atomic E-state index is -0.340. The highest BCUT2D eigenvalue weighted by molar-refractivity contribution is 5.91. The van der Waals surface area contributed by atoms with Crippen LogP contribution in [0.1, 0.15) is 12.0 Å². The maximum absolute atomic E-state index is 11.2. The average molecular weight is 245 g/mol. The molecule has 0 saturated heterocycles. The molecule has 0 aromatic heterocycles. The van der Waals surface area contributed by atoms with Gasteiger partial charge in [0.15, 0.2) is 0 Å². The summed E-state index contributed by atoms with van der Waals surface area (Å²) in [5.41, 5.74) is 1.76. The fourth-order valence-electron chi connectivity index (χ4n) is 1.53. The van der Waals surface area contributed by atoms with Crippen LogP contribution in [0, 0.1) is 0 Å². The first-order valence-electron chi connectivity index (χ1n) is 5.93. The third-order valence-corrected chi connectivity index (χ3v) is 2.50. The Kier molecular flexibility index (Phi) is 6.51. The van der Waals surface area contributed by atoms with Crippen molar-refractivity contribution in [3.05, 3.63) is 60.2 Å². The van der Waals surface area contributed by atoms with Crippen molar-refractivity contribution in [2.75, 3.05) is 13.7 Å². The van der Waals surface area contributed by atoms with Crippen LogP contribution in [0.5, 0.6) is 0 Å². The Bertz CT molecular complexity index is 410. The standard InChI is InChI=1S/C15H19NO2/c1-3-14(15(17)18-2)10-7-11-16-12-13-8-5-4-6-9-13/h3-6,8-10,16H,1,7,11-12H2,2H3/b14-10-. The molecule has 0 aliphatic heterocycles. The summed E-state index contributed by atoms with van der Waals surface area (Å²) in [6.07, 6.45) is 4.11. The number of benzene rings is 1. The molecule has 0 saturated carbocycles. The summed E-state index contributed by atoms with van der Waals surface area (Å²) in [6, 6.07) is 10.2. The van der Waals surface area contributed by atoms with E-state index in [9.17, 15) is 4.79 Å². The molecule has 18 heavy (non-hydrogen) atoms. The van der Waals surface area contributed by atoms with E-state index in [1.54, 1.807) is 0 Å². The van der Waals surface area contributed by atoms with Gasteiger partial charge in [0, 0.05) is 6.54 Å². The number of carbonyl (C=O) groups excluding carboxylic acids is 1. The third kappa shape index (κ3) is 4.97. The second-order valence-electron chi connectivity index (χ2n) is 3.81. The third-order valence-electron chi connectivity index (χ3n) is 2.50.